The largest absolute Gasteiger partial charge is 0.490 e. The predicted octanol–water partition coefficient (Wildman–Crippen LogP) is 5.11. The number of aromatic amines is 1. The molecule has 0 aliphatic carbocycles. The minimum absolute atomic E-state index is 0.342. The number of aromatic nitrogens is 3. The van der Waals surface area contributed by atoms with Crippen molar-refractivity contribution in [2.45, 2.75) is 13.5 Å². The smallest absolute Gasteiger partial charge is 0.216 e. The van der Waals surface area contributed by atoms with E-state index < -0.39 is 0 Å². The molecule has 0 saturated heterocycles. The van der Waals surface area contributed by atoms with Crippen molar-refractivity contribution >= 4 is 41.6 Å². The van der Waals surface area contributed by atoms with Crippen LogP contribution >= 0.6 is 35.4 Å². The number of nitrogens with one attached hydrogen (secondary N) is 1. The topological polar surface area (TPSA) is 64.4 Å². The molecule has 3 aromatic rings. The molecule has 0 amide bonds. The van der Waals surface area contributed by atoms with E-state index in [1.54, 1.807) is 18.3 Å². The summed E-state index contributed by atoms with van der Waals surface area (Å²) < 4.78 is 13.5. The van der Waals surface area contributed by atoms with Crippen LogP contribution in [0.25, 0.3) is 0 Å². The molecule has 1 heterocycles. The summed E-state index contributed by atoms with van der Waals surface area (Å²) >= 11 is 17.0. The van der Waals surface area contributed by atoms with Gasteiger partial charge in [-0.1, -0.05) is 29.3 Å². The van der Waals surface area contributed by atoms with Crippen LogP contribution in [0.3, 0.4) is 0 Å². The highest BCUT2D eigenvalue weighted by molar-refractivity contribution is 7.71. The first-order valence-corrected chi connectivity index (χ1v) is 9.23. The van der Waals surface area contributed by atoms with Crippen LogP contribution < -0.4 is 9.47 Å². The maximum atomic E-state index is 6.04. The van der Waals surface area contributed by atoms with Gasteiger partial charge in [-0.3, -0.25) is 5.10 Å². The standard InChI is InChI=1S/C18H16Cl2N4O2S/c1-2-25-17-8-12(9-22-24-11-21-23-18(24)27)4-6-16(17)26-10-13-3-5-14(19)15(20)7-13/h3-9,11H,2,10H2,1H3,(H,23,27)/b22-9-. The van der Waals surface area contributed by atoms with Gasteiger partial charge in [-0.25, -0.2) is 0 Å². The Bertz CT molecular complexity index is 1020. The Balaban J connectivity index is 1.76. The minimum Gasteiger partial charge on any atom is -0.490 e. The van der Waals surface area contributed by atoms with Crippen molar-refractivity contribution in [2.24, 2.45) is 5.10 Å². The van der Waals surface area contributed by atoms with Crippen LogP contribution in [0.4, 0.5) is 0 Å². The van der Waals surface area contributed by atoms with Crippen molar-refractivity contribution < 1.29 is 9.47 Å². The molecule has 2 aromatic carbocycles. The molecule has 1 aromatic heterocycles. The highest BCUT2D eigenvalue weighted by atomic mass is 35.5. The molecule has 6 nitrogen and oxygen atoms in total. The number of hydrogen-bond donors (Lipinski definition) is 1. The van der Waals surface area contributed by atoms with Crippen LogP contribution in [0.1, 0.15) is 18.1 Å². The normalized spacial score (nSPS) is 11.1. The van der Waals surface area contributed by atoms with Crippen molar-refractivity contribution in [1.82, 2.24) is 14.9 Å². The van der Waals surface area contributed by atoms with Gasteiger partial charge in [0.2, 0.25) is 4.77 Å². The highest BCUT2D eigenvalue weighted by Gasteiger charge is 2.07. The van der Waals surface area contributed by atoms with Gasteiger partial charge in [0.15, 0.2) is 11.5 Å². The summed E-state index contributed by atoms with van der Waals surface area (Å²) in [4.78, 5) is 0. The number of halogens is 2. The Morgan fingerprint density at radius 1 is 1.15 bits per heavy atom. The number of benzene rings is 2. The summed E-state index contributed by atoms with van der Waals surface area (Å²) in [7, 11) is 0. The zero-order valence-corrected chi connectivity index (χ0v) is 16.7. The lowest BCUT2D eigenvalue weighted by Crippen LogP contribution is -2.00. The van der Waals surface area contributed by atoms with Gasteiger partial charge >= 0.3 is 0 Å². The zero-order chi connectivity index (χ0) is 19.2. The van der Waals surface area contributed by atoms with E-state index in [1.807, 2.05) is 31.2 Å². The third-order valence-electron chi connectivity index (χ3n) is 3.51. The number of ether oxygens (including phenoxy) is 2. The Hall–Kier alpha value is -2.35. The van der Waals surface area contributed by atoms with Gasteiger partial charge in [-0.2, -0.15) is 14.9 Å². The fourth-order valence-corrected chi connectivity index (χ4v) is 2.70. The van der Waals surface area contributed by atoms with Gasteiger partial charge in [0, 0.05) is 0 Å². The summed E-state index contributed by atoms with van der Waals surface area (Å²) in [6.45, 7) is 2.76. The molecule has 0 spiro atoms. The summed E-state index contributed by atoms with van der Waals surface area (Å²) in [5.74, 6) is 1.25. The van der Waals surface area contributed by atoms with Crippen LogP contribution in [0.5, 0.6) is 11.5 Å². The van der Waals surface area contributed by atoms with Gasteiger partial charge in [-0.05, 0) is 60.6 Å². The van der Waals surface area contributed by atoms with E-state index in [0.717, 1.165) is 11.1 Å². The maximum Gasteiger partial charge on any atom is 0.216 e. The van der Waals surface area contributed by atoms with Crippen molar-refractivity contribution in [1.29, 1.82) is 0 Å². The van der Waals surface area contributed by atoms with E-state index >= 15 is 0 Å². The highest BCUT2D eigenvalue weighted by Crippen LogP contribution is 2.30. The Labute approximate surface area is 171 Å². The van der Waals surface area contributed by atoms with Gasteiger partial charge in [-0.15, -0.1) is 0 Å². The molecule has 0 saturated carbocycles. The van der Waals surface area contributed by atoms with Crippen LogP contribution in [0.2, 0.25) is 10.0 Å². The van der Waals surface area contributed by atoms with E-state index in [4.69, 9.17) is 44.9 Å². The van der Waals surface area contributed by atoms with Gasteiger partial charge in [0.1, 0.15) is 12.9 Å². The minimum atomic E-state index is 0.342. The van der Waals surface area contributed by atoms with Crippen molar-refractivity contribution in [3.05, 3.63) is 68.7 Å². The van der Waals surface area contributed by atoms with Gasteiger partial charge in [0.05, 0.1) is 22.9 Å². The van der Waals surface area contributed by atoms with Crippen LogP contribution in [-0.2, 0) is 6.61 Å². The fraction of sp³-hybridized carbons (Fsp3) is 0.167. The lowest BCUT2D eigenvalue weighted by Gasteiger charge is -2.13. The monoisotopic (exact) mass is 422 g/mol. The third kappa shape index (κ3) is 5.09. The molecule has 140 valence electrons. The van der Waals surface area contributed by atoms with E-state index in [9.17, 15) is 0 Å². The number of rotatable bonds is 7. The molecular formula is C18H16Cl2N4O2S. The summed E-state index contributed by atoms with van der Waals surface area (Å²) in [5, 5.41) is 11.7. The molecule has 3 rings (SSSR count). The molecule has 0 aliphatic heterocycles. The second kappa shape index (κ2) is 9.03. The molecule has 0 atom stereocenters. The first-order chi connectivity index (χ1) is 13.1. The molecule has 1 N–H and O–H groups in total. The number of hydrogen-bond acceptors (Lipinski definition) is 5. The molecule has 0 unspecified atom stereocenters. The fourth-order valence-electron chi connectivity index (χ4n) is 2.24. The Morgan fingerprint density at radius 3 is 2.70 bits per heavy atom. The quantitative estimate of drug-likeness (QED) is 0.424. The lowest BCUT2D eigenvalue weighted by atomic mass is 10.2. The molecular weight excluding hydrogens is 407 g/mol. The predicted molar refractivity (Wildman–Crippen MR) is 109 cm³/mol. The second-order valence-corrected chi connectivity index (χ2v) is 6.63. The molecule has 0 aliphatic rings. The van der Waals surface area contributed by atoms with Crippen molar-refractivity contribution in [2.75, 3.05) is 6.61 Å². The summed E-state index contributed by atoms with van der Waals surface area (Å²) in [6, 6.07) is 10.9. The van der Waals surface area contributed by atoms with Crippen LogP contribution in [0.15, 0.2) is 47.8 Å². The number of nitrogens with zero attached hydrogens (tertiary/aromatic N) is 3. The molecule has 0 fully saturated rings. The molecule has 9 heteroatoms. The van der Waals surface area contributed by atoms with Crippen LogP contribution in [-0.4, -0.2) is 27.7 Å². The first-order valence-electron chi connectivity index (χ1n) is 8.06. The summed E-state index contributed by atoms with van der Waals surface area (Å²) in [5.41, 5.74) is 1.75. The molecule has 27 heavy (non-hydrogen) atoms. The van der Waals surface area contributed by atoms with E-state index in [0.29, 0.717) is 39.5 Å². The van der Waals surface area contributed by atoms with Crippen molar-refractivity contribution in [3.63, 3.8) is 0 Å². The van der Waals surface area contributed by atoms with Gasteiger partial charge in [0.25, 0.3) is 0 Å². The number of H-pyrrole nitrogens is 1. The summed E-state index contributed by atoms with van der Waals surface area (Å²) in [6.07, 6.45) is 3.16. The maximum absolute atomic E-state index is 6.04. The average Bonchev–Trinajstić information content (AvgIpc) is 3.07. The Morgan fingerprint density at radius 2 is 2.00 bits per heavy atom. The SMILES string of the molecule is CCOc1cc(/C=N\n2cn[nH]c2=S)ccc1OCc1ccc(Cl)c(Cl)c1. The van der Waals surface area contributed by atoms with Crippen molar-refractivity contribution in [3.8, 4) is 11.5 Å². The van der Waals surface area contributed by atoms with E-state index in [2.05, 4.69) is 15.3 Å². The third-order valence-corrected chi connectivity index (χ3v) is 4.53. The Kier molecular flexibility index (Phi) is 6.49. The van der Waals surface area contributed by atoms with Crippen LogP contribution in [0, 0.1) is 4.77 Å². The molecule has 0 bridgehead atoms. The molecule has 0 radical (unpaired) electrons. The van der Waals surface area contributed by atoms with Gasteiger partial charge < -0.3 is 9.47 Å². The van der Waals surface area contributed by atoms with E-state index in [1.165, 1.54) is 11.0 Å². The second-order valence-electron chi connectivity index (χ2n) is 5.43. The average molecular weight is 423 g/mol. The van der Waals surface area contributed by atoms with E-state index in [-0.39, 0.29) is 0 Å². The zero-order valence-electron chi connectivity index (χ0n) is 14.4. The lowest BCUT2D eigenvalue weighted by molar-refractivity contribution is 0.269. The first kappa shape index (κ1) is 19.4.